The largest absolute Gasteiger partial charge is 0.370 e. The third kappa shape index (κ3) is 5.57. The highest BCUT2D eigenvalue weighted by Crippen LogP contribution is 2.25. The number of carbonyl (C=O) groups excluding carboxylic acids is 1. The number of halogens is 1. The van der Waals surface area contributed by atoms with Gasteiger partial charge in [0.15, 0.2) is 5.96 Å². The molecule has 0 radical (unpaired) electrons. The van der Waals surface area contributed by atoms with Crippen molar-refractivity contribution in [1.82, 2.24) is 15.1 Å². The van der Waals surface area contributed by atoms with E-state index in [1.54, 1.807) is 7.05 Å². The molecule has 2 aliphatic rings. The first kappa shape index (κ1) is 23.5. The van der Waals surface area contributed by atoms with E-state index in [1.807, 2.05) is 23.1 Å². The summed E-state index contributed by atoms with van der Waals surface area (Å²) in [4.78, 5) is 21.3. The zero-order valence-corrected chi connectivity index (χ0v) is 20.5. The summed E-state index contributed by atoms with van der Waals surface area (Å²) in [5, 5.41) is 3.28. The molecule has 1 fully saturated rings. The van der Waals surface area contributed by atoms with E-state index in [9.17, 15) is 4.79 Å². The average Bonchev–Trinajstić information content (AvgIpc) is 2.79. The summed E-state index contributed by atoms with van der Waals surface area (Å²) < 4.78 is 6.02. The molecule has 1 unspecified atom stereocenters. The van der Waals surface area contributed by atoms with Crippen LogP contribution in [-0.2, 0) is 22.5 Å². The number of nitrogens with zero attached hydrogens (tertiary/aromatic N) is 3. The fourth-order valence-electron chi connectivity index (χ4n) is 4.29. The van der Waals surface area contributed by atoms with Gasteiger partial charge in [0.25, 0.3) is 0 Å². The lowest BCUT2D eigenvalue weighted by atomic mass is 10.00. The van der Waals surface area contributed by atoms with Gasteiger partial charge in [0, 0.05) is 26.7 Å². The summed E-state index contributed by atoms with van der Waals surface area (Å²) >= 11 is 0. The smallest absolute Gasteiger partial charge is 0.242 e. The van der Waals surface area contributed by atoms with Crippen molar-refractivity contribution in [1.29, 1.82) is 0 Å². The predicted octanol–water partition coefficient (Wildman–Crippen LogP) is 3.15. The number of carbonyl (C=O) groups is 1. The third-order valence-electron chi connectivity index (χ3n) is 5.99. The van der Waals surface area contributed by atoms with Crippen LogP contribution in [0.3, 0.4) is 0 Å². The third-order valence-corrected chi connectivity index (χ3v) is 5.99. The summed E-state index contributed by atoms with van der Waals surface area (Å²) in [6.45, 7) is 5.92. The van der Waals surface area contributed by atoms with Gasteiger partial charge in [0.2, 0.25) is 5.91 Å². The normalized spacial score (nSPS) is 18.8. The van der Waals surface area contributed by atoms with Gasteiger partial charge in [-0.15, -0.1) is 24.0 Å². The van der Waals surface area contributed by atoms with E-state index in [0.717, 1.165) is 32.0 Å². The molecule has 0 aromatic heterocycles. The molecule has 1 N–H and O–H groups in total. The summed E-state index contributed by atoms with van der Waals surface area (Å²) in [7, 11) is 1.77. The first-order valence-electron chi connectivity index (χ1n) is 10.6. The molecule has 0 saturated carbocycles. The summed E-state index contributed by atoms with van der Waals surface area (Å²) in [6.07, 6.45) is 0.922. The van der Waals surface area contributed by atoms with Crippen molar-refractivity contribution in [3.05, 3.63) is 70.8 Å². The lowest BCUT2D eigenvalue weighted by Crippen LogP contribution is -2.51. The Balaban J connectivity index is 0.00000272. The van der Waals surface area contributed by atoms with E-state index in [4.69, 9.17) is 4.74 Å². The van der Waals surface area contributed by atoms with Gasteiger partial charge in [-0.3, -0.25) is 9.79 Å². The lowest BCUT2D eigenvalue weighted by Gasteiger charge is -2.36. The predicted molar refractivity (Wildman–Crippen MR) is 134 cm³/mol. The maximum atomic E-state index is 12.8. The number of rotatable bonds is 3. The molecule has 2 aromatic carbocycles. The van der Waals surface area contributed by atoms with E-state index >= 15 is 0 Å². The van der Waals surface area contributed by atoms with E-state index in [1.165, 1.54) is 22.3 Å². The zero-order valence-electron chi connectivity index (χ0n) is 18.2. The van der Waals surface area contributed by atoms with Crippen molar-refractivity contribution >= 4 is 35.8 Å². The molecule has 166 valence electrons. The van der Waals surface area contributed by atoms with Crippen molar-refractivity contribution in [2.45, 2.75) is 26.0 Å². The molecule has 31 heavy (non-hydrogen) atoms. The number of benzene rings is 2. The molecule has 0 aliphatic carbocycles. The van der Waals surface area contributed by atoms with E-state index in [-0.39, 0.29) is 42.5 Å². The molecule has 7 heteroatoms. The lowest BCUT2D eigenvalue weighted by molar-refractivity contribution is -0.130. The average molecular weight is 534 g/mol. The van der Waals surface area contributed by atoms with Crippen LogP contribution in [0.1, 0.15) is 28.4 Å². The maximum Gasteiger partial charge on any atom is 0.242 e. The van der Waals surface area contributed by atoms with Crippen LogP contribution in [0.5, 0.6) is 0 Å². The fraction of sp³-hybridized carbons (Fsp3) is 0.417. The van der Waals surface area contributed by atoms with Gasteiger partial charge in [0.05, 0.1) is 19.7 Å². The monoisotopic (exact) mass is 534 g/mol. The molecule has 2 aliphatic heterocycles. The standard InChI is InChI=1S/C24H30N4O2.HI/c1-18-7-3-6-10-21(18)22-17-28(13-14-30-22)24(25-2)26-15-23(29)27-12-11-19-8-4-5-9-20(19)16-27;/h3-10,22H,11-17H2,1-2H3,(H,25,26);1H. The minimum atomic E-state index is 0. The van der Waals surface area contributed by atoms with Crippen LogP contribution in [-0.4, -0.2) is 61.5 Å². The van der Waals surface area contributed by atoms with Gasteiger partial charge in [-0.1, -0.05) is 48.5 Å². The molecular formula is C24H31IN4O2. The number of fused-ring (bicyclic) bond motifs is 1. The highest BCUT2D eigenvalue weighted by atomic mass is 127. The van der Waals surface area contributed by atoms with Gasteiger partial charge in [-0.25, -0.2) is 0 Å². The number of aryl methyl sites for hydroxylation is 1. The van der Waals surface area contributed by atoms with Gasteiger partial charge < -0.3 is 19.9 Å². The summed E-state index contributed by atoms with van der Waals surface area (Å²) in [6, 6.07) is 16.7. The number of aliphatic imine (C=N–C) groups is 1. The molecule has 4 rings (SSSR count). The Morgan fingerprint density at radius 2 is 1.84 bits per heavy atom. The van der Waals surface area contributed by atoms with Crippen molar-refractivity contribution in [3.8, 4) is 0 Å². The van der Waals surface area contributed by atoms with Crippen LogP contribution < -0.4 is 5.32 Å². The minimum Gasteiger partial charge on any atom is -0.370 e. The van der Waals surface area contributed by atoms with Crippen LogP contribution in [0.2, 0.25) is 0 Å². The fourth-order valence-corrected chi connectivity index (χ4v) is 4.29. The van der Waals surface area contributed by atoms with Crippen LogP contribution >= 0.6 is 24.0 Å². The number of amides is 1. The van der Waals surface area contributed by atoms with Crippen LogP contribution in [0.25, 0.3) is 0 Å². The summed E-state index contributed by atoms with van der Waals surface area (Å²) in [5.41, 5.74) is 5.03. The molecule has 2 heterocycles. The number of ether oxygens (including phenoxy) is 1. The number of nitrogens with one attached hydrogen (secondary N) is 1. The SMILES string of the molecule is CN=C(NCC(=O)N1CCc2ccccc2C1)N1CCOC(c2ccccc2C)C1.I. The van der Waals surface area contributed by atoms with E-state index in [0.29, 0.717) is 13.2 Å². The van der Waals surface area contributed by atoms with Crippen LogP contribution in [0.4, 0.5) is 0 Å². The highest BCUT2D eigenvalue weighted by Gasteiger charge is 2.26. The zero-order chi connectivity index (χ0) is 20.9. The molecule has 1 saturated heterocycles. The van der Waals surface area contributed by atoms with E-state index < -0.39 is 0 Å². The van der Waals surface area contributed by atoms with E-state index in [2.05, 4.69) is 52.5 Å². The Kier molecular flexibility index (Phi) is 8.31. The second-order valence-electron chi connectivity index (χ2n) is 7.90. The number of hydrogen-bond donors (Lipinski definition) is 1. The van der Waals surface area contributed by atoms with Crippen LogP contribution in [0.15, 0.2) is 53.5 Å². The Labute approximate surface area is 201 Å². The number of hydrogen-bond acceptors (Lipinski definition) is 3. The molecular weight excluding hydrogens is 503 g/mol. The Morgan fingerprint density at radius 1 is 1.10 bits per heavy atom. The first-order chi connectivity index (χ1) is 14.7. The molecule has 6 nitrogen and oxygen atoms in total. The molecule has 1 amide bonds. The topological polar surface area (TPSA) is 57.2 Å². The second-order valence-corrected chi connectivity index (χ2v) is 7.90. The highest BCUT2D eigenvalue weighted by molar-refractivity contribution is 14.0. The van der Waals surface area contributed by atoms with Crippen molar-refractivity contribution in [2.75, 3.05) is 39.8 Å². The van der Waals surface area contributed by atoms with Crippen LogP contribution in [0, 0.1) is 6.92 Å². The molecule has 0 spiro atoms. The summed E-state index contributed by atoms with van der Waals surface area (Å²) in [5.74, 6) is 0.858. The quantitative estimate of drug-likeness (QED) is 0.374. The number of morpholine rings is 1. The van der Waals surface area contributed by atoms with Crippen molar-refractivity contribution in [2.24, 2.45) is 4.99 Å². The second kappa shape index (κ2) is 10.9. The molecule has 0 bridgehead atoms. The maximum absolute atomic E-state index is 12.8. The Morgan fingerprint density at radius 3 is 2.61 bits per heavy atom. The van der Waals surface area contributed by atoms with Gasteiger partial charge in [0.1, 0.15) is 6.10 Å². The van der Waals surface area contributed by atoms with Gasteiger partial charge in [-0.05, 0) is 35.6 Å². The van der Waals surface area contributed by atoms with Crippen molar-refractivity contribution < 1.29 is 9.53 Å². The van der Waals surface area contributed by atoms with Gasteiger partial charge in [-0.2, -0.15) is 0 Å². The molecule has 1 atom stereocenters. The van der Waals surface area contributed by atoms with Crippen molar-refractivity contribution in [3.63, 3.8) is 0 Å². The molecule has 2 aromatic rings. The number of guanidine groups is 1. The van der Waals surface area contributed by atoms with Gasteiger partial charge >= 0.3 is 0 Å². The first-order valence-corrected chi connectivity index (χ1v) is 10.6. The Hall–Kier alpha value is -2.13. The minimum absolute atomic E-state index is 0. The Bertz CT molecular complexity index is 933.